The molecule has 0 fully saturated rings. The molecular formula is C20H21NO3S. The lowest BCUT2D eigenvalue weighted by Gasteiger charge is -2.24. The first-order valence-corrected chi connectivity index (χ1v) is 9.46. The van der Waals surface area contributed by atoms with Gasteiger partial charge in [0.1, 0.15) is 5.37 Å². The van der Waals surface area contributed by atoms with Gasteiger partial charge < -0.3 is 9.64 Å². The lowest BCUT2D eigenvalue weighted by molar-refractivity contribution is -0.139. The topological polar surface area (TPSA) is 46.6 Å². The van der Waals surface area contributed by atoms with Crippen LogP contribution in [0.4, 0.5) is 0 Å². The molecule has 0 N–H and O–H groups in total. The van der Waals surface area contributed by atoms with Gasteiger partial charge in [-0.05, 0) is 30.5 Å². The molecule has 0 aliphatic carbocycles. The van der Waals surface area contributed by atoms with Crippen molar-refractivity contribution in [2.24, 2.45) is 0 Å². The Morgan fingerprint density at radius 1 is 1.12 bits per heavy atom. The van der Waals surface area contributed by atoms with E-state index in [0.717, 1.165) is 17.5 Å². The minimum Gasteiger partial charge on any atom is -0.465 e. The van der Waals surface area contributed by atoms with E-state index in [4.69, 9.17) is 4.74 Å². The molecular weight excluding hydrogens is 334 g/mol. The fourth-order valence-corrected chi connectivity index (χ4v) is 4.12. The molecule has 0 unspecified atom stereocenters. The molecule has 2 aromatic rings. The van der Waals surface area contributed by atoms with E-state index >= 15 is 0 Å². The van der Waals surface area contributed by atoms with Crippen LogP contribution in [0.5, 0.6) is 0 Å². The van der Waals surface area contributed by atoms with Crippen molar-refractivity contribution in [3.05, 3.63) is 71.3 Å². The van der Waals surface area contributed by atoms with E-state index in [1.54, 1.807) is 6.92 Å². The normalized spacial score (nSPS) is 16.0. The van der Waals surface area contributed by atoms with E-state index in [1.807, 2.05) is 47.4 Å². The Labute approximate surface area is 152 Å². The van der Waals surface area contributed by atoms with Crippen LogP contribution in [0.15, 0.2) is 54.6 Å². The third kappa shape index (κ3) is 4.04. The van der Waals surface area contributed by atoms with Crippen LogP contribution < -0.4 is 0 Å². The van der Waals surface area contributed by atoms with Gasteiger partial charge in [0.05, 0.1) is 12.4 Å². The number of fused-ring (bicyclic) bond motifs is 1. The van der Waals surface area contributed by atoms with E-state index < -0.39 is 0 Å². The zero-order chi connectivity index (χ0) is 17.6. The van der Waals surface area contributed by atoms with Gasteiger partial charge in [-0.2, -0.15) is 0 Å². The first-order valence-electron chi connectivity index (χ1n) is 8.41. The van der Waals surface area contributed by atoms with Crippen molar-refractivity contribution in [1.29, 1.82) is 0 Å². The highest BCUT2D eigenvalue weighted by Gasteiger charge is 2.36. The third-order valence-electron chi connectivity index (χ3n) is 4.15. The second-order valence-corrected chi connectivity index (χ2v) is 6.86. The minimum atomic E-state index is -0.243. The number of hydrogen-bond acceptors (Lipinski definition) is 4. The molecule has 5 heteroatoms. The highest BCUT2D eigenvalue weighted by molar-refractivity contribution is 8.00. The predicted octanol–water partition coefficient (Wildman–Crippen LogP) is 3.68. The van der Waals surface area contributed by atoms with Gasteiger partial charge in [-0.1, -0.05) is 48.5 Å². The van der Waals surface area contributed by atoms with E-state index in [1.165, 1.54) is 17.3 Å². The lowest BCUT2D eigenvalue weighted by Crippen LogP contribution is -2.29. The summed E-state index contributed by atoms with van der Waals surface area (Å²) < 4.78 is 5.02. The van der Waals surface area contributed by atoms with Crippen molar-refractivity contribution in [3.8, 4) is 0 Å². The number of esters is 1. The maximum atomic E-state index is 12.8. The molecule has 0 bridgehead atoms. The highest BCUT2D eigenvalue weighted by Crippen LogP contribution is 2.41. The van der Waals surface area contributed by atoms with Crippen LogP contribution in [0.1, 0.15) is 33.8 Å². The minimum absolute atomic E-state index is 0.0351. The molecule has 1 amide bonds. The summed E-state index contributed by atoms with van der Waals surface area (Å²) in [5.41, 5.74) is 2.91. The molecule has 1 aliphatic heterocycles. The summed E-state index contributed by atoms with van der Waals surface area (Å²) in [6, 6.07) is 17.8. The average molecular weight is 355 g/mol. The molecule has 0 saturated heterocycles. The molecule has 4 nitrogen and oxygen atoms in total. The number of rotatable bonds is 7. The Balaban J connectivity index is 1.74. The number of amides is 1. The van der Waals surface area contributed by atoms with Crippen LogP contribution in [0, 0.1) is 0 Å². The van der Waals surface area contributed by atoms with Gasteiger partial charge in [-0.3, -0.25) is 9.59 Å². The molecule has 0 aromatic heterocycles. The quantitative estimate of drug-likeness (QED) is 0.711. The van der Waals surface area contributed by atoms with Crippen molar-refractivity contribution < 1.29 is 14.3 Å². The Kier molecular flexibility index (Phi) is 5.76. The number of ether oxygens (including phenoxy) is 1. The zero-order valence-corrected chi connectivity index (χ0v) is 15.0. The summed E-state index contributed by atoms with van der Waals surface area (Å²) in [6.07, 6.45) is 0.789. The average Bonchev–Trinajstić information content (AvgIpc) is 2.91. The lowest BCUT2D eigenvalue weighted by atomic mass is 10.1. The Bertz CT molecular complexity index is 748. The first kappa shape index (κ1) is 17.5. The fraction of sp³-hybridized carbons (Fsp3) is 0.300. The Morgan fingerprint density at radius 2 is 1.84 bits per heavy atom. The van der Waals surface area contributed by atoms with Crippen molar-refractivity contribution in [1.82, 2.24) is 4.90 Å². The number of hydrogen-bond donors (Lipinski definition) is 0. The van der Waals surface area contributed by atoms with Crippen molar-refractivity contribution in [2.45, 2.75) is 18.7 Å². The summed E-state index contributed by atoms with van der Waals surface area (Å²) in [6.45, 7) is 2.79. The number of benzene rings is 2. The highest BCUT2D eigenvalue weighted by atomic mass is 32.2. The maximum Gasteiger partial charge on any atom is 0.315 e. The molecule has 25 heavy (non-hydrogen) atoms. The molecule has 1 aliphatic rings. The van der Waals surface area contributed by atoms with Gasteiger partial charge in [-0.25, -0.2) is 0 Å². The molecule has 2 aromatic carbocycles. The van der Waals surface area contributed by atoms with Crippen molar-refractivity contribution in [3.63, 3.8) is 0 Å². The first-order chi connectivity index (χ1) is 12.2. The SMILES string of the molecule is CCOC(=O)CS[C@@H]1c2ccccc2C(=O)N1CCc1ccccc1. The van der Waals surface area contributed by atoms with Crippen LogP contribution in [0.3, 0.4) is 0 Å². The fourth-order valence-electron chi connectivity index (χ4n) is 2.98. The third-order valence-corrected chi connectivity index (χ3v) is 5.38. The number of nitrogens with zero attached hydrogens (tertiary/aromatic N) is 1. The van der Waals surface area contributed by atoms with E-state index in [9.17, 15) is 9.59 Å². The standard InChI is InChI=1S/C20H21NO3S/c1-2-24-18(22)14-25-20-17-11-7-6-10-16(17)19(23)21(20)13-12-15-8-4-3-5-9-15/h3-11,20H,2,12-14H2,1H3/t20-/m1/s1. The van der Waals surface area contributed by atoms with Crippen LogP contribution in [-0.2, 0) is 16.0 Å². The van der Waals surface area contributed by atoms with Gasteiger partial charge in [-0.15, -0.1) is 11.8 Å². The maximum absolute atomic E-state index is 12.8. The van der Waals surface area contributed by atoms with Gasteiger partial charge in [0.2, 0.25) is 0 Å². The van der Waals surface area contributed by atoms with Crippen LogP contribution in [0.25, 0.3) is 0 Å². The monoisotopic (exact) mass is 355 g/mol. The Hall–Kier alpha value is -2.27. The molecule has 0 spiro atoms. The van der Waals surface area contributed by atoms with E-state index in [-0.39, 0.29) is 23.0 Å². The molecule has 0 saturated carbocycles. The zero-order valence-electron chi connectivity index (χ0n) is 14.2. The van der Waals surface area contributed by atoms with Gasteiger partial charge >= 0.3 is 5.97 Å². The van der Waals surface area contributed by atoms with Crippen molar-refractivity contribution >= 4 is 23.6 Å². The largest absolute Gasteiger partial charge is 0.465 e. The summed E-state index contributed by atoms with van der Waals surface area (Å²) in [5.74, 6) is 0.0299. The molecule has 0 radical (unpaired) electrons. The van der Waals surface area contributed by atoms with Crippen LogP contribution in [-0.4, -0.2) is 35.7 Å². The van der Waals surface area contributed by atoms with Crippen LogP contribution >= 0.6 is 11.8 Å². The van der Waals surface area contributed by atoms with Gasteiger partial charge in [0.15, 0.2) is 0 Å². The number of carbonyl (C=O) groups is 2. The predicted molar refractivity (Wildman–Crippen MR) is 99.5 cm³/mol. The summed E-state index contributed by atoms with van der Waals surface area (Å²) in [7, 11) is 0. The van der Waals surface area contributed by atoms with Gasteiger partial charge in [0.25, 0.3) is 5.91 Å². The number of carbonyl (C=O) groups excluding carboxylic acids is 2. The molecule has 130 valence electrons. The molecule has 1 atom stereocenters. The van der Waals surface area contributed by atoms with Gasteiger partial charge in [0, 0.05) is 12.1 Å². The summed E-state index contributed by atoms with van der Waals surface area (Å²) in [4.78, 5) is 26.4. The van der Waals surface area contributed by atoms with E-state index in [0.29, 0.717) is 13.2 Å². The smallest absolute Gasteiger partial charge is 0.315 e. The van der Waals surface area contributed by atoms with Crippen LogP contribution in [0.2, 0.25) is 0 Å². The van der Waals surface area contributed by atoms with Crippen molar-refractivity contribution in [2.75, 3.05) is 18.9 Å². The molecule has 1 heterocycles. The summed E-state index contributed by atoms with van der Waals surface area (Å²) >= 11 is 1.45. The second kappa shape index (κ2) is 8.21. The second-order valence-electron chi connectivity index (χ2n) is 5.79. The Morgan fingerprint density at radius 3 is 2.60 bits per heavy atom. The number of thioether (sulfide) groups is 1. The molecule has 3 rings (SSSR count). The summed E-state index contributed by atoms with van der Waals surface area (Å²) in [5, 5.41) is -0.142. The van der Waals surface area contributed by atoms with E-state index in [2.05, 4.69) is 12.1 Å².